The highest BCUT2D eigenvalue weighted by Gasteiger charge is 2.80. The molecule has 0 radical (unpaired) electrons. The maximum absolute atomic E-state index is 13.4. The van der Waals surface area contributed by atoms with E-state index in [0.29, 0.717) is 50.9 Å². The van der Waals surface area contributed by atoms with Crippen molar-refractivity contribution in [2.75, 3.05) is 7.05 Å². The third kappa shape index (κ3) is 4.85. The highest BCUT2D eigenvalue weighted by Crippen LogP contribution is 2.75. The van der Waals surface area contributed by atoms with Crippen LogP contribution in [0.25, 0.3) is 0 Å². The van der Waals surface area contributed by atoms with Gasteiger partial charge in [0.25, 0.3) is 0 Å². The van der Waals surface area contributed by atoms with E-state index in [1.54, 1.807) is 6.08 Å². The number of hydrogen-bond donors (Lipinski definition) is 6. The average Bonchev–Trinajstić information content (AvgIpc) is 3.56. The molecule has 1 aliphatic heterocycles. The molecule has 0 amide bonds. The second-order valence-electron chi connectivity index (χ2n) is 17.5. The highest BCUT2D eigenvalue weighted by atomic mass is 16.5. The zero-order valence-corrected chi connectivity index (χ0v) is 29.6. The highest BCUT2D eigenvalue weighted by molar-refractivity contribution is 5.86. The third-order valence-corrected chi connectivity index (χ3v) is 15.1. The fourth-order valence-electron chi connectivity index (χ4n) is 12.8. The molecule has 13 atom stereocenters. The summed E-state index contributed by atoms with van der Waals surface area (Å²) in [5, 5.41) is 63.6. The Morgan fingerprint density at radius 2 is 1.78 bits per heavy atom. The van der Waals surface area contributed by atoms with Crippen LogP contribution in [-0.4, -0.2) is 79.9 Å². The summed E-state index contributed by atoms with van der Waals surface area (Å²) >= 11 is 0. The number of nitrogens with one attached hydrogen (secondary N) is 1. The summed E-state index contributed by atoms with van der Waals surface area (Å²) in [5.41, 5.74) is -3.97. The lowest BCUT2D eigenvalue weighted by molar-refractivity contribution is -0.331. The molecule has 0 aromatic heterocycles. The van der Waals surface area contributed by atoms with Crippen LogP contribution in [0.1, 0.15) is 96.1 Å². The van der Waals surface area contributed by atoms with Crippen molar-refractivity contribution in [1.29, 1.82) is 0 Å². The molecular formula is C40H57NO8. The van der Waals surface area contributed by atoms with E-state index in [-0.39, 0.29) is 55.6 Å². The number of carbonyl (C=O) groups excluding carboxylic acids is 2. The van der Waals surface area contributed by atoms with Crippen molar-refractivity contribution in [2.45, 2.75) is 133 Å². The molecule has 1 aromatic rings. The molecule has 1 heterocycles. The van der Waals surface area contributed by atoms with Crippen LogP contribution in [0.15, 0.2) is 35.9 Å². The van der Waals surface area contributed by atoms with Crippen LogP contribution in [0.4, 0.5) is 0 Å². The minimum atomic E-state index is -1.65. The molecule has 6 N–H and O–H groups in total. The quantitative estimate of drug-likeness (QED) is 0.170. The van der Waals surface area contributed by atoms with Crippen molar-refractivity contribution >= 4 is 12.3 Å². The van der Waals surface area contributed by atoms with Crippen molar-refractivity contribution in [1.82, 2.24) is 5.32 Å². The van der Waals surface area contributed by atoms with Crippen molar-refractivity contribution in [3.05, 3.63) is 47.0 Å². The Kier molecular flexibility index (Phi) is 8.81. The lowest BCUT2D eigenvalue weighted by Crippen LogP contribution is -2.79. The Morgan fingerprint density at radius 3 is 2.45 bits per heavy atom. The first-order chi connectivity index (χ1) is 23.2. The number of hydrogen-bond acceptors (Lipinski definition) is 9. The number of likely N-dealkylation sites (N-methyl/N-ethyl adjacent to an activating group) is 1. The van der Waals surface area contributed by atoms with Gasteiger partial charge in [0.15, 0.2) is 0 Å². The van der Waals surface area contributed by atoms with Crippen LogP contribution in [0.3, 0.4) is 0 Å². The first kappa shape index (κ1) is 35.3. The van der Waals surface area contributed by atoms with Crippen molar-refractivity contribution in [3.8, 4) is 0 Å². The number of ether oxygens (including phenoxy) is 1. The molecule has 7 rings (SSSR count). The van der Waals surface area contributed by atoms with E-state index in [1.807, 2.05) is 31.3 Å². The summed E-state index contributed by atoms with van der Waals surface area (Å²) in [6, 6.07) is 7.75. The van der Waals surface area contributed by atoms with Gasteiger partial charge in [0.2, 0.25) is 0 Å². The number of esters is 1. The monoisotopic (exact) mass is 679 g/mol. The SMILES string of the molecule is CN[C@H](Cc1ccccc1CO)[C@@H]1C[C@@H]2C[C@@]3(O)[C@](C)(CC[C@H]4[C@@]3(O)C[C@H](CCC(C)C)[C@]3(O)C[C@@H](O)CC[C@]43C=O)[C@H]2C2=CC(=O)O[C@H]21. The molecular weight excluding hydrogens is 622 g/mol. The van der Waals surface area contributed by atoms with Crippen LogP contribution in [0.5, 0.6) is 0 Å². The fraction of sp³-hybridized carbons (Fsp3) is 0.750. The van der Waals surface area contributed by atoms with E-state index in [4.69, 9.17) is 4.74 Å². The minimum Gasteiger partial charge on any atom is -0.454 e. The van der Waals surface area contributed by atoms with E-state index in [0.717, 1.165) is 29.4 Å². The summed E-state index contributed by atoms with van der Waals surface area (Å²) in [7, 11) is 1.91. The Bertz CT molecular complexity index is 1500. The Hall–Kier alpha value is -2.14. The van der Waals surface area contributed by atoms with Gasteiger partial charge in [-0.15, -0.1) is 0 Å². The summed E-state index contributed by atoms with van der Waals surface area (Å²) in [5.74, 6) is -1.49. The van der Waals surface area contributed by atoms with Crippen molar-refractivity contribution < 1.29 is 39.9 Å². The molecule has 0 unspecified atom stereocenters. The van der Waals surface area contributed by atoms with Crippen molar-refractivity contribution in [3.63, 3.8) is 0 Å². The van der Waals surface area contributed by atoms with Crippen LogP contribution in [-0.2, 0) is 27.4 Å². The van der Waals surface area contributed by atoms with Crippen LogP contribution >= 0.6 is 0 Å². The number of aldehydes is 1. The molecule has 9 nitrogen and oxygen atoms in total. The molecule has 5 saturated carbocycles. The molecule has 5 aliphatic carbocycles. The topological polar surface area (TPSA) is 157 Å². The van der Waals surface area contributed by atoms with Gasteiger partial charge < -0.3 is 40.4 Å². The number of aliphatic hydroxyl groups excluding tert-OH is 2. The first-order valence-electron chi connectivity index (χ1n) is 18.8. The number of fused-ring (bicyclic) bond motifs is 9. The molecule has 6 aliphatic rings. The smallest absolute Gasteiger partial charge is 0.331 e. The summed E-state index contributed by atoms with van der Waals surface area (Å²) in [6.45, 7) is 6.24. The second kappa shape index (κ2) is 12.2. The predicted octanol–water partition coefficient (Wildman–Crippen LogP) is 3.61. The number of carbonyl (C=O) groups is 2. The molecule has 49 heavy (non-hydrogen) atoms. The van der Waals surface area contributed by atoms with Crippen LogP contribution in [0, 0.1) is 46.3 Å². The number of benzene rings is 1. The van der Waals surface area contributed by atoms with Gasteiger partial charge in [0.05, 0.1) is 34.9 Å². The zero-order chi connectivity index (χ0) is 35.1. The maximum atomic E-state index is 13.4. The summed E-state index contributed by atoms with van der Waals surface area (Å²) in [6.07, 6.45) is 6.24. The molecule has 9 heteroatoms. The van der Waals surface area contributed by atoms with Gasteiger partial charge in [-0.1, -0.05) is 51.5 Å². The van der Waals surface area contributed by atoms with Crippen LogP contribution < -0.4 is 5.32 Å². The van der Waals surface area contributed by atoms with E-state index in [9.17, 15) is 35.1 Å². The molecule has 0 spiro atoms. The van der Waals surface area contributed by atoms with Gasteiger partial charge in [-0.3, -0.25) is 0 Å². The van der Waals surface area contributed by atoms with Gasteiger partial charge in [0.1, 0.15) is 12.4 Å². The predicted molar refractivity (Wildman–Crippen MR) is 183 cm³/mol. The molecule has 0 saturated heterocycles. The Labute approximate surface area is 290 Å². The third-order valence-electron chi connectivity index (χ3n) is 15.1. The number of rotatable bonds is 9. The van der Waals surface area contributed by atoms with E-state index >= 15 is 0 Å². The number of aliphatic hydroxyl groups is 5. The van der Waals surface area contributed by atoms with Gasteiger partial charge in [-0.25, -0.2) is 4.79 Å². The molecule has 5 fully saturated rings. The van der Waals surface area contributed by atoms with Gasteiger partial charge in [-0.05, 0) is 105 Å². The van der Waals surface area contributed by atoms with Gasteiger partial charge in [0, 0.05) is 35.8 Å². The average molecular weight is 680 g/mol. The van der Waals surface area contributed by atoms with E-state index < -0.39 is 51.7 Å². The molecule has 270 valence electrons. The maximum Gasteiger partial charge on any atom is 0.331 e. The largest absolute Gasteiger partial charge is 0.454 e. The molecule has 1 aromatic carbocycles. The van der Waals surface area contributed by atoms with E-state index in [2.05, 4.69) is 26.1 Å². The van der Waals surface area contributed by atoms with Gasteiger partial charge in [-0.2, -0.15) is 0 Å². The van der Waals surface area contributed by atoms with Gasteiger partial charge >= 0.3 is 5.97 Å². The Balaban J connectivity index is 1.29. The molecule has 0 bridgehead atoms. The summed E-state index contributed by atoms with van der Waals surface area (Å²) < 4.78 is 6.08. The summed E-state index contributed by atoms with van der Waals surface area (Å²) in [4.78, 5) is 26.5. The van der Waals surface area contributed by atoms with Crippen molar-refractivity contribution in [2.24, 2.45) is 46.3 Å². The van der Waals surface area contributed by atoms with E-state index in [1.165, 1.54) is 0 Å². The lowest BCUT2D eigenvalue weighted by atomic mass is 9.37. The lowest BCUT2D eigenvalue weighted by Gasteiger charge is -2.70. The van der Waals surface area contributed by atoms with Crippen LogP contribution in [0.2, 0.25) is 0 Å². The minimum absolute atomic E-state index is 0.0426. The first-order valence-corrected chi connectivity index (χ1v) is 18.8. The second-order valence-corrected chi connectivity index (χ2v) is 17.5. The normalized spacial score (nSPS) is 46.1. The Morgan fingerprint density at radius 1 is 1.04 bits per heavy atom. The zero-order valence-electron chi connectivity index (χ0n) is 29.6. The standard InChI is InChI=1S/C40H57NO8/c1-23(2)9-10-27-19-39(47)32(37(22-43)14-11-28(44)20-38(27,37)46)12-13-36(3)34-26(18-40(36,39)48)15-29(35-30(34)17-33(45)49-35)31(41-4)16-24-7-5-6-8-25(24)21-42/h5-8,17,22-23,26-29,31-32,34-35,41-42,44,46-48H,9-16,18-21H2,1-4H3/t26-,27+,28+,29+,31-,32-,34-,35+,36-,37+,38-,39+,40-/m1/s1. The fourth-order valence-corrected chi connectivity index (χ4v) is 12.8.